The second-order valence-corrected chi connectivity index (χ2v) is 9.35. The molecule has 0 aliphatic carbocycles. The topological polar surface area (TPSA) is 71.1 Å². The van der Waals surface area contributed by atoms with Crippen molar-refractivity contribution in [3.8, 4) is 36.2 Å². The SMILES string of the molecule is C#CCOC(=O)Oc1ccc(C(CCCCCCCCCCCC)c2ccc(OC(=O)OCC#C)cc2)cc1. The van der Waals surface area contributed by atoms with E-state index in [1.54, 1.807) is 24.3 Å². The molecule has 6 nitrogen and oxygen atoms in total. The summed E-state index contributed by atoms with van der Waals surface area (Å²) in [5, 5.41) is 0. The van der Waals surface area contributed by atoms with Gasteiger partial charge in [0.15, 0.2) is 13.2 Å². The lowest BCUT2D eigenvalue weighted by atomic mass is 9.86. The van der Waals surface area contributed by atoms with Gasteiger partial charge in [-0.25, -0.2) is 9.59 Å². The zero-order valence-corrected chi connectivity index (χ0v) is 23.0. The predicted octanol–water partition coefficient (Wildman–Crippen LogP) is 8.43. The van der Waals surface area contributed by atoms with Gasteiger partial charge in [0.1, 0.15) is 11.5 Å². The zero-order valence-electron chi connectivity index (χ0n) is 23.0. The number of ether oxygens (including phenoxy) is 4. The van der Waals surface area contributed by atoms with Crippen molar-refractivity contribution in [2.75, 3.05) is 13.2 Å². The second-order valence-electron chi connectivity index (χ2n) is 9.35. The summed E-state index contributed by atoms with van der Waals surface area (Å²) >= 11 is 0. The smallest absolute Gasteiger partial charge is 0.421 e. The van der Waals surface area contributed by atoms with Crippen molar-refractivity contribution in [3.63, 3.8) is 0 Å². The third-order valence-electron chi connectivity index (χ3n) is 6.36. The number of benzene rings is 2. The fourth-order valence-electron chi connectivity index (χ4n) is 4.35. The monoisotopic (exact) mass is 532 g/mol. The van der Waals surface area contributed by atoms with Crippen LogP contribution in [-0.4, -0.2) is 25.5 Å². The molecule has 0 heterocycles. The van der Waals surface area contributed by atoms with Crippen molar-refractivity contribution in [2.45, 2.75) is 83.5 Å². The fraction of sp³-hybridized carbons (Fsp3) is 0.455. The standard InChI is InChI=1S/C33H40O6/c1-4-7-8-9-10-11-12-13-14-15-16-31(27-17-21-29(22-18-27)38-32(34)36-25-5-2)28-19-23-30(24-20-28)39-33(35)37-26-6-3/h2-3,17-24,31H,4,7-16,25-26H2,1H3. The Hall–Kier alpha value is -3.90. The maximum atomic E-state index is 11.7. The van der Waals surface area contributed by atoms with Gasteiger partial charge in [0.05, 0.1) is 0 Å². The van der Waals surface area contributed by atoms with Crippen LogP contribution in [0.3, 0.4) is 0 Å². The van der Waals surface area contributed by atoms with Crippen LogP contribution >= 0.6 is 0 Å². The van der Waals surface area contributed by atoms with Gasteiger partial charge >= 0.3 is 12.3 Å². The molecule has 0 bridgehead atoms. The lowest BCUT2D eigenvalue weighted by Crippen LogP contribution is -2.11. The molecule has 0 aliphatic heterocycles. The first-order valence-corrected chi connectivity index (χ1v) is 13.8. The first-order chi connectivity index (χ1) is 19.1. The maximum Gasteiger partial charge on any atom is 0.514 e. The maximum absolute atomic E-state index is 11.7. The van der Waals surface area contributed by atoms with E-state index in [0.29, 0.717) is 11.5 Å². The highest BCUT2D eigenvalue weighted by atomic mass is 16.7. The van der Waals surface area contributed by atoms with E-state index in [2.05, 4.69) is 18.8 Å². The lowest BCUT2D eigenvalue weighted by molar-refractivity contribution is 0.110. The summed E-state index contributed by atoms with van der Waals surface area (Å²) in [6.07, 6.45) is 22.2. The molecule has 2 aromatic carbocycles. The average molecular weight is 533 g/mol. The van der Waals surface area contributed by atoms with Crippen molar-refractivity contribution in [2.24, 2.45) is 0 Å². The molecule has 0 amide bonds. The van der Waals surface area contributed by atoms with E-state index in [0.717, 1.165) is 24.0 Å². The molecule has 0 spiro atoms. The summed E-state index contributed by atoms with van der Waals surface area (Å²) in [6.45, 7) is 1.97. The van der Waals surface area contributed by atoms with Gasteiger partial charge in [-0.3, -0.25) is 0 Å². The summed E-state index contributed by atoms with van der Waals surface area (Å²) < 4.78 is 19.9. The lowest BCUT2D eigenvalue weighted by Gasteiger charge is -2.19. The highest BCUT2D eigenvalue weighted by Crippen LogP contribution is 2.32. The van der Waals surface area contributed by atoms with Crippen LogP contribution in [0.5, 0.6) is 11.5 Å². The van der Waals surface area contributed by atoms with Crippen molar-refractivity contribution < 1.29 is 28.5 Å². The van der Waals surface area contributed by atoms with E-state index in [4.69, 9.17) is 31.8 Å². The van der Waals surface area contributed by atoms with Crippen LogP contribution in [0.4, 0.5) is 9.59 Å². The minimum Gasteiger partial charge on any atom is -0.421 e. The molecule has 2 aromatic rings. The molecule has 208 valence electrons. The van der Waals surface area contributed by atoms with Crippen molar-refractivity contribution in [3.05, 3.63) is 59.7 Å². The van der Waals surface area contributed by atoms with E-state index in [1.807, 2.05) is 24.3 Å². The van der Waals surface area contributed by atoms with Gasteiger partial charge in [-0.05, 0) is 41.8 Å². The predicted molar refractivity (Wildman–Crippen MR) is 153 cm³/mol. The van der Waals surface area contributed by atoms with Gasteiger partial charge in [-0.2, -0.15) is 0 Å². The zero-order chi connectivity index (χ0) is 28.1. The Morgan fingerprint density at radius 2 is 1.03 bits per heavy atom. The second kappa shape index (κ2) is 19.2. The van der Waals surface area contributed by atoms with Crippen molar-refractivity contribution in [1.82, 2.24) is 0 Å². The Kier molecular flexibility index (Phi) is 15.4. The molecule has 0 unspecified atom stereocenters. The van der Waals surface area contributed by atoms with Gasteiger partial charge in [0, 0.05) is 5.92 Å². The highest BCUT2D eigenvalue weighted by Gasteiger charge is 2.16. The van der Waals surface area contributed by atoms with Crippen molar-refractivity contribution >= 4 is 12.3 Å². The molecule has 0 fully saturated rings. The van der Waals surface area contributed by atoms with E-state index in [-0.39, 0.29) is 19.1 Å². The third kappa shape index (κ3) is 12.9. The Morgan fingerprint density at radius 3 is 1.41 bits per heavy atom. The molecule has 6 heteroatoms. The number of carbonyl (C=O) groups is 2. The van der Waals surface area contributed by atoms with Gasteiger partial charge in [-0.15, -0.1) is 12.8 Å². The molecule has 0 aliphatic rings. The van der Waals surface area contributed by atoms with Crippen LogP contribution in [0.1, 0.15) is 94.6 Å². The van der Waals surface area contributed by atoms with Crippen LogP contribution in [0.25, 0.3) is 0 Å². The molecule has 39 heavy (non-hydrogen) atoms. The van der Waals surface area contributed by atoms with Crippen LogP contribution < -0.4 is 9.47 Å². The highest BCUT2D eigenvalue weighted by molar-refractivity contribution is 5.64. The first-order valence-electron chi connectivity index (χ1n) is 13.8. The van der Waals surface area contributed by atoms with Gasteiger partial charge in [0.25, 0.3) is 0 Å². The summed E-state index contributed by atoms with van der Waals surface area (Å²) in [6, 6.07) is 14.8. The van der Waals surface area contributed by atoms with E-state index < -0.39 is 12.3 Å². The summed E-state index contributed by atoms with van der Waals surface area (Å²) in [4.78, 5) is 23.4. The molecular weight excluding hydrogens is 492 g/mol. The third-order valence-corrected chi connectivity index (χ3v) is 6.36. The Morgan fingerprint density at radius 1 is 0.641 bits per heavy atom. The Balaban J connectivity index is 1.99. The molecule has 0 atom stereocenters. The molecule has 0 radical (unpaired) electrons. The molecule has 0 saturated heterocycles. The minimum absolute atomic E-state index is 0.129. The normalized spacial score (nSPS) is 10.4. The van der Waals surface area contributed by atoms with Crippen LogP contribution in [0, 0.1) is 24.7 Å². The van der Waals surface area contributed by atoms with E-state index in [9.17, 15) is 9.59 Å². The number of carbonyl (C=O) groups excluding carboxylic acids is 2. The van der Waals surface area contributed by atoms with Crippen molar-refractivity contribution in [1.29, 1.82) is 0 Å². The molecular formula is C33H40O6. The van der Waals surface area contributed by atoms with Gasteiger partial charge < -0.3 is 18.9 Å². The number of rotatable bonds is 17. The van der Waals surface area contributed by atoms with Gasteiger partial charge in [0.2, 0.25) is 0 Å². The number of hydrogen-bond acceptors (Lipinski definition) is 6. The Labute approximate surface area is 233 Å². The quantitative estimate of drug-likeness (QED) is 0.0881. The number of unbranched alkanes of at least 4 members (excludes halogenated alkanes) is 9. The van der Waals surface area contributed by atoms with Gasteiger partial charge in [-0.1, -0.05) is 107 Å². The minimum atomic E-state index is -0.834. The fourth-order valence-corrected chi connectivity index (χ4v) is 4.35. The van der Waals surface area contributed by atoms with Crippen LogP contribution in [0.15, 0.2) is 48.5 Å². The molecule has 0 N–H and O–H groups in total. The molecule has 0 aromatic heterocycles. The number of hydrogen-bond donors (Lipinski definition) is 0. The van der Waals surface area contributed by atoms with E-state index >= 15 is 0 Å². The Bertz CT molecular complexity index is 984. The molecule has 0 saturated carbocycles. The first kappa shape index (κ1) is 31.3. The number of terminal acetylenes is 2. The molecule has 2 rings (SSSR count). The van der Waals surface area contributed by atoms with Crippen LogP contribution in [-0.2, 0) is 9.47 Å². The largest absolute Gasteiger partial charge is 0.514 e. The summed E-state index contributed by atoms with van der Waals surface area (Å²) in [5.41, 5.74) is 2.19. The average Bonchev–Trinajstić information content (AvgIpc) is 2.95. The summed E-state index contributed by atoms with van der Waals surface area (Å²) in [5.74, 6) is 5.35. The van der Waals surface area contributed by atoms with Crippen LogP contribution in [0.2, 0.25) is 0 Å². The summed E-state index contributed by atoms with van der Waals surface area (Å²) in [7, 11) is 0. The van der Waals surface area contributed by atoms with E-state index in [1.165, 1.54) is 57.8 Å².